The molecule has 1 heteroatoms. The number of hydrogen-bond donors (Lipinski definition) is 0. The smallest absolute Gasteiger partial charge is 0.0726 e. The van der Waals surface area contributed by atoms with Crippen LogP contribution in [0.15, 0.2) is 170 Å². The lowest BCUT2D eigenvalue weighted by molar-refractivity contribution is 0.586. The molecule has 0 N–H and O–H groups in total. The zero-order valence-electron chi connectivity index (χ0n) is 40.0. The van der Waals surface area contributed by atoms with Crippen molar-refractivity contribution in [2.45, 2.75) is 109 Å². The maximum absolute atomic E-state index is 2.56. The number of anilines is 3. The summed E-state index contributed by atoms with van der Waals surface area (Å²) in [6.45, 7) is 18.9. The van der Waals surface area contributed by atoms with Gasteiger partial charge < -0.3 is 4.90 Å². The van der Waals surface area contributed by atoms with Crippen LogP contribution in [0.3, 0.4) is 0 Å². The second-order valence-electron chi connectivity index (χ2n) is 22.4. The fourth-order valence-electron chi connectivity index (χ4n) is 12.5. The van der Waals surface area contributed by atoms with Crippen molar-refractivity contribution in [2.75, 3.05) is 4.90 Å². The highest BCUT2D eigenvalue weighted by molar-refractivity contribution is 5.97. The van der Waals surface area contributed by atoms with Crippen molar-refractivity contribution in [1.29, 1.82) is 0 Å². The van der Waals surface area contributed by atoms with Crippen molar-refractivity contribution < 1.29 is 0 Å². The normalized spacial score (nSPS) is 16.1. The maximum atomic E-state index is 2.56. The minimum Gasteiger partial charge on any atom is -0.310 e. The molecule has 1 fully saturated rings. The second kappa shape index (κ2) is 14.5. The molecule has 4 aliphatic carbocycles. The first kappa shape index (κ1) is 41.0. The van der Waals surface area contributed by atoms with Gasteiger partial charge >= 0.3 is 0 Å². The van der Waals surface area contributed by atoms with Crippen LogP contribution in [-0.2, 0) is 21.7 Å². The van der Waals surface area contributed by atoms with Crippen molar-refractivity contribution in [3.05, 3.63) is 220 Å². The van der Waals surface area contributed by atoms with Crippen LogP contribution < -0.4 is 4.90 Å². The Morgan fingerprint density at radius 2 is 0.803 bits per heavy atom. The predicted molar refractivity (Wildman–Crippen MR) is 279 cm³/mol. The Bertz CT molecular complexity index is 3170. The third-order valence-corrected chi connectivity index (χ3v) is 16.2. The largest absolute Gasteiger partial charge is 0.310 e. The van der Waals surface area contributed by atoms with E-state index in [0.29, 0.717) is 5.92 Å². The standard InChI is InChI=1S/C65H61N/c1-62(2,3)45-27-33-53-54-34-28-46(63(4,5)6)38-60(54)65(59(53)37-45)57-20-14-12-18-51(57)55-36-32-49(40-61(55)65)66(48-31-35-52-50-17-11-13-19-56(50)64(7,8)58(52)39-48)47-29-25-44(26-30-47)43-23-21-42(22-24-43)41-15-9-10-16-41/h11-14,17-41H,9-10,15-16H2,1-8H3. The third kappa shape index (κ3) is 6.04. The van der Waals surface area contributed by atoms with Gasteiger partial charge in [0, 0.05) is 22.5 Å². The van der Waals surface area contributed by atoms with E-state index in [1.807, 2.05) is 0 Å². The van der Waals surface area contributed by atoms with E-state index in [1.165, 1.54) is 126 Å². The molecular formula is C65H61N. The number of fused-ring (bicyclic) bond motifs is 13. The Kier molecular flexibility index (Phi) is 9.03. The van der Waals surface area contributed by atoms with Crippen LogP contribution >= 0.6 is 0 Å². The zero-order valence-corrected chi connectivity index (χ0v) is 40.0. The summed E-state index contributed by atoms with van der Waals surface area (Å²) in [5.74, 6) is 0.714. The number of benzene rings is 8. The third-order valence-electron chi connectivity index (χ3n) is 16.2. The molecule has 8 aromatic carbocycles. The van der Waals surface area contributed by atoms with Gasteiger partial charge in [-0.3, -0.25) is 0 Å². The Hall–Kier alpha value is -6.44. The number of nitrogens with zero attached hydrogens (tertiary/aromatic N) is 1. The SMILES string of the molecule is CC(C)(C)c1ccc2c(c1)C1(c3ccccc3-c3ccc(N(c4ccc(-c5ccc(C6CCCC6)cc5)cc4)c4ccc5c(c4)C(C)(C)c4ccccc4-5)cc31)c1cc(C(C)(C)C)ccc1-2. The Balaban J connectivity index is 1.07. The van der Waals surface area contributed by atoms with Gasteiger partial charge in [-0.2, -0.15) is 0 Å². The lowest BCUT2D eigenvalue weighted by Gasteiger charge is -2.34. The molecule has 0 aliphatic heterocycles. The van der Waals surface area contributed by atoms with Gasteiger partial charge in [-0.25, -0.2) is 0 Å². The summed E-state index contributed by atoms with van der Waals surface area (Å²) in [6, 6.07) is 66.3. The van der Waals surface area contributed by atoms with Gasteiger partial charge in [-0.1, -0.05) is 202 Å². The quantitative estimate of drug-likeness (QED) is 0.167. The maximum Gasteiger partial charge on any atom is 0.0726 e. The van der Waals surface area contributed by atoms with Gasteiger partial charge in [-0.15, -0.1) is 0 Å². The minimum atomic E-state index is -0.489. The van der Waals surface area contributed by atoms with Crippen LogP contribution in [0.2, 0.25) is 0 Å². The van der Waals surface area contributed by atoms with Crippen LogP contribution in [0.4, 0.5) is 17.1 Å². The van der Waals surface area contributed by atoms with Crippen molar-refractivity contribution in [3.8, 4) is 44.5 Å². The van der Waals surface area contributed by atoms with E-state index in [0.717, 1.165) is 11.4 Å². The van der Waals surface area contributed by atoms with E-state index < -0.39 is 5.41 Å². The molecule has 326 valence electrons. The highest BCUT2D eigenvalue weighted by atomic mass is 15.1. The first-order valence-corrected chi connectivity index (χ1v) is 24.5. The van der Waals surface area contributed by atoms with Crippen molar-refractivity contribution in [2.24, 2.45) is 0 Å². The van der Waals surface area contributed by atoms with E-state index in [4.69, 9.17) is 0 Å². The fourth-order valence-corrected chi connectivity index (χ4v) is 12.5. The molecule has 0 atom stereocenters. The van der Waals surface area contributed by atoms with Crippen LogP contribution in [0.5, 0.6) is 0 Å². The molecule has 0 amide bonds. The average Bonchev–Trinajstić information content (AvgIpc) is 4.08. The molecule has 1 saturated carbocycles. The molecule has 4 aliphatic rings. The van der Waals surface area contributed by atoms with Gasteiger partial charge in [0.2, 0.25) is 0 Å². The molecule has 66 heavy (non-hydrogen) atoms. The molecule has 8 aromatic rings. The van der Waals surface area contributed by atoms with Gasteiger partial charge in [0.15, 0.2) is 0 Å². The van der Waals surface area contributed by atoms with E-state index in [2.05, 4.69) is 230 Å². The molecule has 1 spiro atoms. The molecule has 0 radical (unpaired) electrons. The minimum absolute atomic E-state index is 0.00761. The summed E-state index contributed by atoms with van der Waals surface area (Å²) in [5, 5.41) is 0. The molecule has 0 saturated heterocycles. The van der Waals surface area contributed by atoms with Crippen LogP contribution in [0, 0.1) is 0 Å². The van der Waals surface area contributed by atoms with Gasteiger partial charge in [-0.05, 0) is 161 Å². The van der Waals surface area contributed by atoms with E-state index >= 15 is 0 Å². The molecule has 12 rings (SSSR count). The Labute approximate surface area is 393 Å². The monoisotopic (exact) mass is 855 g/mol. The summed E-state index contributed by atoms with van der Waals surface area (Å²) in [4.78, 5) is 2.53. The van der Waals surface area contributed by atoms with Gasteiger partial charge in [0.25, 0.3) is 0 Å². The molecule has 0 unspecified atom stereocenters. The summed E-state index contributed by atoms with van der Waals surface area (Å²) >= 11 is 0. The molecule has 0 heterocycles. The highest BCUT2D eigenvalue weighted by Gasteiger charge is 2.52. The summed E-state index contributed by atoms with van der Waals surface area (Å²) in [7, 11) is 0. The van der Waals surface area contributed by atoms with Crippen LogP contribution in [-0.4, -0.2) is 0 Å². The molecule has 0 aromatic heterocycles. The first-order chi connectivity index (χ1) is 31.7. The highest BCUT2D eigenvalue weighted by Crippen LogP contribution is 2.64. The van der Waals surface area contributed by atoms with Gasteiger partial charge in [0.1, 0.15) is 0 Å². The molecule has 0 bridgehead atoms. The first-order valence-electron chi connectivity index (χ1n) is 24.5. The summed E-state index contributed by atoms with van der Waals surface area (Å²) < 4.78 is 0. The average molecular weight is 856 g/mol. The van der Waals surface area contributed by atoms with Crippen molar-refractivity contribution in [3.63, 3.8) is 0 Å². The number of hydrogen-bond acceptors (Lipinski definition) is 1. The molecule has 1 nitrogen and oxygen atoms in total. The van der Waals surface area contributed by atoms with Crippen LogP contribution in [0.25, 0.3) is 44.5 Å². The second-order valence-corrected chi connectivity index (χ2v) is 22.4. The lowest BCUT2D eigenvalue weighted by atomic mass is 9.68. The van der Waals surface area contributed by atoms with Crippen molar-refractivity contribution in [1.82, 2.24) is 0 Å². The summed E-state index contributed by atoms with van der Waals surface area (Å²) in [5.41, 5.74) is 25.9. The zero-order chi connectivity index (χ0) is 45.3. The van der Waals surface area contributed by atoms with Gasteiger partial charge in [0.05, 0.1) is 5.41 Å². The summed E-state index contributed by atoms with van der Waals surface area (Å²) in [6.07, 6.45) is 5.35. The van der Waals surface area contributed by atoms with E-state index in [-0.39, 0.29) is 16.2 Å². The van der Waals surface area contributed by atoms with Crippen molar-refractivity contribution >= 4 is 17.1 Å². The Morgan fingerprint density at radius 3 is 1.35 bits per heavy atom. The number of rotatable bonds is 5. The fraction of sp³-hybridized carbons (Fsp3) is 0.262. The van der Waals surface area contributed by atoms with E-state index in [1.54, 1.807) is 0 Å². The predicted octanol–water partition coefficient (Wildman–Crippen LogP) is 17.7. The van der Waals surface area contributed by atoms with Crippen LogP contribution in [0.1, 0.15) is 137 Å². The topological polar surface area (TPSA) is 3.24 Å². The van der Waals surface area contributed by atoms with E-state index in [9.17, 15) is 0 Å². The molecular weight excluding hydrogens is 795 g/mol. The Morgan fingerprint density at radius 1 is 0.394 bits per heavy atom. The lowest BCUT2D eigenvalue weighted by Crippen LogP contribution is -2.27.